The molecule has 5 N–H and O–H groups in total. The SMILES string of the molecule is C=C1CC[C@@H]2[C@H]([C@@H]1CC[C@@H]1C(C)=CC[C@H](C(=C)C)[C@]1(C)CCC(=O)O)[C@@H](C)C[C@H](O[C@@H]1O[C@H](CO)[C@H](O)[C@H](O)[C@@H]1NC(C)=O)C2(C)C. The highest BCUT2D eigenvalue weighted by molar-refractivity contribution is 5.73. The van der Waals surface area contributed by atoms with E-state index in [1.165, 1.54) is 18.1 Å². The molecule has 0 unspecified atom stereocenters. The Labute approximate surface area is 281 Å². The number of carbonyl (C=O) groups excluding carboxylic acids is 1. The molecule has 3 fully saturated rings. The van der Waals surface area contributed by atoms with Crippen LogP contribution in [0.4, 0.5) is 0 Å². The first-order valence-corrected chi connectivity index (χ1v) is 17.7. The molecule has 1 heterocycles. The van der Waals surface area contributed by atoms with Gasteiger partial charge in [-0.15, -0.1) is 0 Å². The van der Waals surface area contributed by atoms with E-state index in [-0.39, 0.29) is 41.1 Å². The summed E-state index contributed by atoms with van der Waals surface area (Å²) in [6, 6.07) is -0.974. The van der Waals surface area contributed by atoms with Crippen molar-refractivity contribution in [2.45, 2.75) is 137 Å². The molecule has 47 heavy (non-hydrogen) atoms. The van der Waals surface area contributed by atoms with Crippen LogP contribution in [0.3, 0.4) is 0 Å². The highest BCUT2D eigenvalue weighted by Crippen LogP contribution is 2.59. The molecule has 0 radical (unpaired) electrons. The molecule has 266 valence electrons. The van der Waals surface area contributed by atoms with Gasteiger partial charge in [0.25, 0.3) is 0 Å². The molecule has 1 aliphatic heterocycles. The van der Waals surface area contributed by atoms with Gasteiger partial charge in [-0.1, -0.05) is 63.6 Å². The van der Waals surface area contributed by atoms with Gasteiger partial charge in [0.2, 0.25) is 5.91 Å². The van der Waals surface area contributed by atoms with Crippen LogP contribution in [0.15, 0.2) is 36.0 Å². The van der Waals surface area contributed by atoms with Crippen LogP contribution in [0.25, 0.3) is 0 Å². The number of carboxylic acid groups (broad SMARTS) is 1. The predicted octanol–water partition coefficient (Wildman–Crippen LogP) is 5.39. The first-order valence-electron chi connectivity index (χ1n) is 17.7. The zero-order chi connectivity index (χ0) is 35.0. The molecule has 13 atom stereocenters. The van der Waals surface area contributed by atoms with Crippen LogP contribution in [0.2, 0.25) is 0 Å². The van der Waals surface area contributed by atoms with Crippen LogP contribution in [0.1, 0.15) is 99.8 Å². The van der Waals surface area contributed by atoms with E-state index in [0.717, 1.165) is 44.1 Å². The summed E-state index contributed by atoms with van der Waals surface area (Å²) in [5, 5.41) is 43.5. The summed E-state index contributed by atoms with van der Waals surface area (Å²) in [5.74, 6) is 0.760. The number of ether oxygens (including phenoxy) is 2. The average molecular weight is 660 g/mol. The number of hydrogen-bond donors (Lipinski definition) is 5. The topological polar surface area (TPSA) is 146 Å². The highest BCUT2D eigenvalue weighted by Gasteiger charge is 2.55. The largest absolute Gasteiger partial charge is 0.481 e. The number of carboxylic acids is 1. The zero-order valence-electron chi connectivity index (χ0n) is 29.7. The molecule has 0 aromatic heterocycles. The number of rotatable bonds is 11. The summed E-state index contributed by atoms with van der Waals surface area (Å²) in [6.07, 6.45) is 3.68. The number of aliphatic carboxylic acids is 1. The Morgan fingerprint density at radius 2 is 1.83 bits per heavy atom. The van der Waals surface area contributed by atoms with Crippen molar-refractivity contribution in [2.75, 3.05) is 6.61 Å². The van der Waals surface area contributed by atoms with Gasteiger partial charge in [-0.05, 0) is 105 Å². The molecule has 0 aromatic carbocycles. The average Bonchev–Trinajstić information content (AvgIpc) is 2.98. The van der Waals surface area contributed by atoms with Gasteiger partial charge >= 0.3 is 5.97 Å². The lowest BCUT2D eigenvalue weighted by Crippen LogP contribution is -2.66. The molecule has 9 nitrogen and oxygen atoms in total. The molecule has 4 aliphatic rings. The first kappa shape index (κ1) is 37.8. The van der Waals surface area contributed by atoms with Gasteiger partial charge in [0.15, 0.2) is 6.29 Å². The van der Waals surface area contributed by atoms with E-state index in [0.29, 0.717) is 30.1 Å². The summed E-state index contributed by atoms with van der Waals surface area (Å²) in [4.78, 5) is 23.7. The van der Waals surface area contributed by atoms with Gasteiger partial charge in [-0.25, -0.2) is 0 Å². The molecular formula is C38H61NO8. The van der Waals surface area contributed by atoms with Gasteiger partial charge in [-0.3, -0.25) is 9.59 Å². The molecule has 2 saturated carbocycles. The van der Waals surface area contributed by atoms with Gasteiger partial charge in [0, 0.05) is 13.3 Å². The monoisotopic (exact) mass is 659 g/mol. The molecule has 0 aromatic rings. The van der Waals surface area contributed by atoms with Crippen LogP contribution in [-0.2, 0) is 19.1 Å². The quantitative estimate of drug-likeness (QED) is 0.147. The molecular weight excluding hydrogens is 598 g/mol. The van der Waals surface area contributed by atoms with Gasteiger partial charge in [0.1, 0.15) is 24.4 Å². The van der Waals surface area contributed by atoms with Crippen LogP contribution in [0, 0.1) is 46.3 Å². The normalized spacial score (nSPS) is 41.8. The van der Waals surface area contributed by atoms with Gasteiger partial charge in [0.05, 0.1) is 12.7 Å². The van der Waals surface area contributed by atoms with Crippen molar-refractivity contribution in [2.24, 2.45) is 46.3 Å². The minimum atomic E-state index is -1.36. The fourth-order valence-corrected chi connectivity index (χ4v) is 10.2. The number of carbonyl (C=O) groups is 2. The Hall–Kier alpha value is -2.04. The minimum Gasteiger partial charge on any atom is -0.481 e. The van der Waals surface area contributed by atoms with E-state index in [2.05, 4.69) is 66.1 Å². The Morgan fingerprint density at radius 3 is 2.43 bits per heavy atom. The Balaban J connectivity index is 1.56. The number of aliphatic hydroxyl groups is 3. The van der Waals surface area contributed by atoms with Crippen LogP contribution >= 0.6 is 0 Å². The maximum atomic E-state index is 12.0. The van der Waals surface area contributed by atoms with E-state index in [9.17, 15) is 30.0 Å². The van der Waals surface area contributed by atoms with E-state index in [1.807, 2.05) is 0 Å². The van der Waals surface area contributed by atoms with E-state index in [1.54, 1.807) is 0 Å². The van der Waals surface area contributed by atoms with Gasteiger partial charge in [-0.2, -0.15) is 0 Å². The molecule has 1 saturated heterocycles. The third-order valence-electron chi connectivity index (χ3n) is 12.9. The van der Waals surface area contributed by atoms with Crippen molar-refractivity contribution in [3.05, 3.63) is 36.0 Å². The van der Waals surface area contributed by atoms with E-state index < -0.39 is 43.2 Å². The summed E-state index contributed by atoms with van der Waals surface area (Å²) in [7, 11) is 0. The number of aliphatic hydroxyl groups excluding tert-OH is 3. The second-order valence-electron chi connectivity index (χ2n) is 16.2. The lowest BCUT2D eigenvalue weighted by atomic mass is 9.50. The minimum absolute atomic E-state index is 0.153. The summed E-state index contributed by atoms with van der Waals surface area (Å²) in [5.41, 5.74) is 3.34. The number of fused-ring (bicyclic) bond motifs is 1. The number of amides is 1. The molecule has 0 bridgehead atoms. The maximum absolute atomic E-state index is 12.0. The second-order valence-corrected chi connectivity index (χ2v) is 16.2. The highest BCUT2D eigenvalue weighted by atomic mass is 16.7. The van der Waals surface area contributed by atoms with Crippen molar-refractivity contribution in [1.82, 2.24) is 5.32 Å². The Morgan fingerprint density at radius 1 is 1.15 bits per heavy atom. The third-order valence-corrected chi connectivity index (χ3v) is 12.9. The molecule has 3 aliphatic carbocycles. The summed E-state index contributed by atoms with van der Waals surface area (Å²) >= 11 is 0. The maximum Gasteiger partial charge on any atom is 0.303 e. The van der Waals surface area contributed by atoms with Crippen molar-refractivity contribution < 1.29 is 39.5 Å². The molecule has 9 heteroatoms. The third kappa shape index (κ3) is 7.59. The van der Waals surface area contributed by atoms with Crippen molar-refractivity contribution in [3.8, 4) is 0 Å². The molecule has 0 spiro atoms. The smallest absolute Gasteiger partial charge is 0.303 e. The van der Waals surface area contributed by atoms with Crippen LogP contribution in [-0.4, -0.2) is 75.7 Å². The zero-order valence-corrected chi connectivity index (χ0v) is 29.7. The second kappa shape index (κ2) is 14.8. The fourth-order valence-electron chi connectivity index (χ4n) is 10.2. The van der Waals surface area contributed by atoms with Crippen molar-refractivity contribution in [1.29, 1.82) is 0 Å². The predicted molar refractivity (Wildman–Crippen MR) is 181 cm³/mol. The van der Waals surface area contributed by atoms with Gasteiger partial charge < -0.3 is 35.2 Å². The lowest BCUT2D eigenvalue weighted by Gasteiger charge is -2.58. The van der Waals surface area contributed by atoms with Crippen LogP contribution < -0.4 is 5.32 Å². The number of nitrogens with one attached hydrogen (secondary N) is 1. The van der Waals surface area contributed by atoms with Crippen molar-refractivity contribution in [3.63, 3.8) is 0 Å². The van der Waals surface area contributed by atoms with Crippen LogP contribution in [0.5, 0.6) is 0 Å². The summed E-state index contributed by atoms with van der Waals surface area (Å²) < 4.78 is 12.6. The molecule has 4 rings (SSSR count). The lowest BCUT2D eigenvalue weighted by molar-refractivity contribution is -0.301. The standard InChI is InChI=1S/C38H61NO8/c1-20(2)26-13-11-22(4)27(38(26,9)17-16-31(42)43)15-12-25-21(3)10-14-28-32(25)23(5)18-30(37(28,7)8)47-36-33(39-24(6)41)35(45)34(44)29(19-40)46-36/h11,23,25-30,32-36,40,44-45H,1,3,10,12-19H2,2,4-9H3,(H,39,41)(H,42,43)/t23-,25+,26+,27+,28+,29+,30-,32-,33-,34-,35+,36-,38-/m0/s1. The Bertz CT molecular complexity index is 1210. The van der Waals surface area contributed by atoms with E-state index >= 15 is 0 Å². The summed E-state index contributed by atoms with van der Waals surface area (Å²) in [6.45, 7) is 23.1. The fraction of sp³-hybridized carbons (Fsp3) is 0.789. The van der Waals surface area contributed by atoms with E-state index in [4.69, 9.17) is 9.47 Å². The Kier molecular flexibility index (Phi) is 11.9. The molecule has 1 amide bonds. The number of allylic oxidation sites excluding steroid dienone is 4. The van der Waals surface area contributed by atoms with Crippen molar-refractivity contribution >= 4 is 11.9 Å². The first-order chi connectivity index (χ1) is 21.9. The number of hydrogen-bond acceptors (Lipinski definition) is 7.